The molecule has 0 radical (unpaired) electrons. The monoisotopic (exact) mass is 389 g/mol. The molecule has 0 aliphatic heterocycles. The molecule has 1 N–H and O–H groups in total. The molecule has 26 heavy (non-hydrogen) atoms. The van der Waals surface area contributed by atoms with Gasteiger partial charge in [0.25, 0.3) is 0 Å². The number of nitrogens with one attached hydrogen (secondary N) is 1. The molecule has 0 spiro atoms. The zero-order valence-corrected chi connectivity index (χ0v) is 15.6. The summed E-state index contributed by atoms with van der Waals surface area (Å²) in [6, 6.07) is 12.2. The lowest BCUT2D eigenvalue weighted by Gasteiger charge is -2.07. The molecular weight excluding hydrogens is 373 g/mol. The van der Waals surface area contributed by atoms with E-state index in [9.17, 15) is 9.18 Å². The number of benzene rings is 2. The van der Waals surface area contributed by atoms with E-state index in [0.717, 1.165) is 20.5 Å². The Labute approximate surface area is 158 Å². The molecule has 5 nitrogen and oxygen atoms in total. The number of aryl methyl sites for hydroxylation is 1. The van der Waals surface area contributed by atoms with Gasteiger partial charge in [0, 0.05) is 17.0 Å². The Morgan fingerprint density at radius 1 is 1.27 bits per heavy atom. The first-order valence-electron chi connectivity index (χ1n) is 7.80. The van der Waals surface area contributed by atoms with E-state index in [1.165, 1.54) is 36.3 Å². The van der Waals surface area contributed by atoms with Crippen LogP contribution in [0.1, 0.15) is 12.0 Å². The van der Waals surface area contributed by atoms with Crippen molar-refractivity contribution in [1.82, 2.24) is 10.2 Å². The molecular formula is C18H16FN3O2S2. The Balaban J connectivity index is 1.50. The minimum Gasteiger partial charge on any atom is -0.494 e. The van der Waals surface area contributed by atoms with Gasteiger partial charge in [-0.15, -0.1) is 10.2 Å². The molecule has 0 aliphatic rings. The van der Waals surface area contributed by atoms with Crippen molar-refractivity contribution in [3.63, 3.8) is 0 Å². The van der Waals surface area contributed by atoms with E-state index in [1.807, 2.05) is 24.3 Å². The maximum atomic E-state index is 13.7. The lowest BCUT2D eigenvalue weighted by atomic mass is 10.1. The van der Waals surface area contributed by atoms with Crippen LogP contribution in [0.5, 0.6) is 5.75 Å². The molecule has 0 aliphatic carbocycles. The third kappa shape index (κ3) is 5.03. The van der Waals surface area contributed by atoms with E-state index in [4.69, 9.17) is 4.74 Å². The Morgan fingerprint density at radius 2 is 2.08 bits per heavy atom. The average molecular weight is 389 g/mol. The number of nitrogens with zero attached hydrogens (tertiary/aromatic N) is 2. The van der Waals surface area contributed by atoms with Crippen molar-refractivity contribution in [3.8, 4) is 5.75 Å². The van der Waals surface area contributed by atoms with Crippen molar-refractivity contribution in [1.29, 1.82) is 0 Å². The highest BCUT2D eigenvalue weighted by Gasteiger charge is 2.07. The number of carbonyl (C=O) groups is 1. The first-order chi connectivity index (χ1) is 12.6. The number of methoxy groups -OCH3 is 1. The van der Waals surface area contributed by atoms with E-state index < -0.39 is 5.82 Å². The van der Waals surface area contributed by atoms with Gasteiger partial charge < -0.3 is 10.1 Å². The maximum Gasteiger partial charge on any atom is 0.224 e. The molecule has 8 heteroatoms. The van der Waals surface area contributed by atoms with E-state index in [0.29, 0.717) is 6.42 Å². The number of amides is 1. The summed E-state index contributed by atoms with van der Waals surface area (Å²) in [6.07, 6.45) is 0.727. The number of aromatic nitrogens is 2. The fourth-order valence-corrected chi connectivity index (χ4v) is 3.71. The SMILES string of the molecule is COc1ccc(CCC(=O)Nc2ccc(Sc3nncs3)cc2)cc1F. The van der Waals surface area contributed by atoms with Gasteiger partial charge in [0.1, 0.15) is 5.51 Å². The molecule has 134 valence electrons. The fraction of sp³-hybridized carbons (Fsp3) is 0.167. The van der Waals surface area contributed by atoms with Gasteiger partial charge in [-0.2, -0.15) is 0 Å². The van der Waals surface area contributed by atoms with Crippen molar-refractivity contribution in [2.75, 3.05) is 12.4 Å². The highest BCUT2D eigenvalue weighted by atomic mass is 32.2. The van der Waals surface area contributed by atoms with E-state index in [1.54, 1.807) is 17.6 Å². The second-order valence-corrected chi connectivity index (χ2v) is 7.50. The molecule has 1 aromatic heterocycles. The molecule has 0 bridgehead atoms. The van der Waals surface area contributed by atoms with Crippen molar-refractivity contribution in [2.45, 2.75) is 22.1 Å². The summed E-state index contributed by atoms with van der Waals surface area (Å²) in [6.45, 7) is 0. The van der Waals surface area contributed by atoms with Crippen molar-refractivity contribution in [2.24, 2.45) is 0 Å². The summed E-state index contributed by atoms with van der Waals surface area (Å²) < 4.78 is 19.4. The topological polar surface area (TPSA) is 64.1 Å². The third-order valence-electron chi connectivity index (χ3n) is 3.54. The second-order valence-electron chi connectivity index (χ2n) is 5.35. The molecule has 1 amide bonds. The van der Waals surface area contributed by atoms with Gasteiger partial charge in [-0.25, -0.2) is 4.39 Å². The minimum absolute atomic E-state index is 0.120. The number of anilines is 1. The number of ether oxygens (including phenoxy) is 1. The summed E-state index contributed by atoms with van der Waals surface area (Å²) in [5, 5.41) is 10.6. The van der Waals surface area contributed by atoms with Gasteiger partial charge in [-0.1, -0.05) is 29.2 Å². The van der Waals surface area contributed by atoms with E-state index in [-0.39, 0.29) is 18.1 Å². The predicted molar refractivity (Wildman–Crippen MR) is 100 cm³/mol. The van der Waals surface area contributed by atoms with E-state index in [2.05, 4.69) is 15.5 Å². The zero-order valence-electron chi connectivity index (χ0n) is 13.9. The predicted octanol–water partition coefficient (Wildman–Crippen LogP) is 4.41. The van der Waals surface area contributed by atoms with Crippen LogP contribution in [0.15, 0.2) is 57.2 Å². The van der Waals surface area contributed by atoms with Gasteiger partial charge in [-0.3, -0.25) is 4.79 Å². The quantitative estimate of drug-likeness (QED) is 0.648. The van der Waals surface area contributed by atoms with Crippen molar-refractivity contribution >= 4 is 34.7 Å². The van der Waals surface area contributed by atoms with Crippen molar-refractivity contribution < 1.29 is 13.9 Å². The van der Waals surface area contributed by atoms with Crippen LogP contribution in [0, 0.1) is 5.82 Å². The normalized spacial score (nSPS) is 10.5. The molecule has 0 saturated heterocycles. The Morgan fingerprint density at radius 3 is 2.73 bits per heavy atom. The van der Waals surface area contributed by atoms with Crippen LogP contribution in [-0.2, 0) is 11.2 Å². The van der Waals surface area contributed by atoms with Crippen LogP contribution in [0.2, 0.25) is 0 Å². The van der Waals surface area contributed by atoms with E-state index >= 15 is 0 Å². The largest absolute Gasteiger partial charge is 0.494 e. The highest BCUT2D eigenvalue weighted by Crippen LogP contribution is 2.29. The molecule has 0 atom stereocenters. The second kappa shape index (κ2) is 8.77. The van der Waals surface area contributed by atoms with Crippen LogP contribution in [-0.4, -0.2) is 23.2 Å². The molecule has 0 saturated carbocycles. The molecule has 1 heterocycles. The molecule has 2 aromatic carbocycles. The first kappa shape index (κ1) is 18.3. The first-order valence-corrected chi connectivity index (χ1v) is 9.50. The Hall–Kier alpha value is -2.45. The van der Waals surface area contributed by atoms with Crippen LogP contribution in [0.3, 0.4) is 0 Å². The number of hydrogen-bond acceptors (Lipinski definition) is 6. The lowest BCUT2D eigenvalue weighted by molar-refractivity contribution is -0.116. The molecule has 3 aromatic rings. The van der Waals surface area contributed by atoms with Crippen LogP contribution in [0.4, 0.5) is 10.1 Å². The summed E-state index contributed by atoms with van der Waals surface area (Å²) >= 11 is 3.00. The number of halogens is 1. The molecule has 0 unspecified atom stereocenters. The smallest absolute Gasteiger partial charge is 0.224 e. The van der Waals surface area contributed by atoms with Crippen molar-refractivity contribution in [3.05, 3.63) is 59.4 Å². The van der Waals surface area contributed by atoms with Gasteiger partial charge in [0.05, 0.1) is 7.11 Å². The minimum atomic E-state index is -0.422. The number of rotatable bonds is 7. The van der Waals surface area contributed by atoms with Gasteiger partial charge in [-0.05, 0) is 48.4 Å². The van der Waals surface area contributed by atoms with Crippen LogP contribution < -0.4 is 10.1 Å². The Kier molecular flexibility index (Phi) is 6.19. The van der Waals surface area contributed by atoms with Crippen LogP contribution >= 0.6 is 23.1 Å². The van der Waals surface area contributed by atoms with Gasteiger partial charge >= 0.3 is 0 Å². The Bertz CT molecular complexity index is 871. The van der Waals surface area contributed by atoms with Gasteiger partial charge in [0.15, 0.2) is 15.9 Å². The maximum absolute atomic E-state index is 13.7. The fourth-order valence-electron chi connectivity index (χ4n) is 2.26. The summed E-state index contributed by atoms with van der Waals surface area (Å²) in [4.78, 5) is 13.1. The molecule has 3 rings (SSSR count). The lowest BCUT2D eigenvalue weighted by Crippen LogP contribution is -2.12. The average Bonchev–Trinajstić information content (AvgIpc) is 3.15. The zero-order chi connectivity index (χ0) is 18.4. The summed E-state index contributed by atoms with van der Waals surface area (Å²) in [5.41, 5.74) is 3.16. The van der Waals surface area contributed by atoms with Gasteiger partial charge in [0.2, 0.25) is 5.91 Å². The highest BCUT2D eigenvalue weighted by molar-refractivity contribution is 8.01. The summed E-state index contributed by atoms with van der Waals surface area (Å²) in [7, 11) is 1.42. The number of hydrogen-bond donors (Lipinski definition) is 1. The third-order valence-corrected chi connectivity index (χ3v) is 5.33. The summed E-state index contributed by atoms with van der Waals surface area (Å²) in [5.74, 6) is -0.343. The standard InChI is InChI=1S/C18H16FN3O2S2/c1-24-16-8-2-12(10-15(16)19)3-9-17(23)21-13-4-6-14(7-5-13)26-18-22-20-11-25-18/h2,4-8,10-11H,3,9H2,1H3,(H,21,23). The van der Waals surface area contributed by atoms with Crippen LogP contribution in [0.25, 0.3) is 0 Å². The molecule has 0 fully saturated rings. The number of carbonyl (C=O) groups excluding carboxylic acids is 1.